The van der Waals surface area contributed by atoms with Crippen LogP contribution in [0.25, 0.3) is 0 Å². The minimum atomic E-state index is -0.395. The fraction of sp³-hybridized carbons (Fsp3) is 0.300. The molecule has 0 atom stereocenters. The van der Waals surface area contributed by atoms with Gasteiger partial charge in [0.05, 0.1) is 5.69 Å². The monoisotopic (exact) mass is 379 g/mol. The summed E-state index contributed by atoms with van der Waals surface area (Å²) in [6, 6.07) is 9.17. The Labute approximate surface area is 161 Å². The Kier molecular flexibility index (Phi) is 4.68. The van der Waals surface area contributed by atoms with Crippen molar-refractivity contribution in [2.75, 3.05) is 10.6 Å². The number of para-hydroxylation sites is 1. The third kappa shape index (κ3) is 3.40. The molecule has 0 spiro atoms. The Morgan fingerprint density at radius 1 is 1.11 bits per heavy atom. The molecule has 0 bridgehead atoms. The molecule has 144 valence electrons. The van der Waals surface area contributed by atoms with E-state index in [0.717, 1.165) is 29.8 Å². The second kappa shape index (κ2) is 7.30. The number of aromatic nitrogens is 3. The average molecular weight is 379 g/mol. The van der Waals surface area contributed by atoms with E-state index in [-0.39, 0.29) is 17.4 Å². The first-order valence-electron chi connectivity index (χ1n) is 9.24. The lowest BCUT2D eigenvalue weighted by Gasteiger charge is -2.17. The van der Waals surface area contributed by atoms with Gasteiger partial charge in [-0.05, 0) is 44.7 Å². The molecule has 4 rings (SSSR count). The minimum absolute atomic E-state index is 0.249. The van der Waals surface area contributed by atoms with Crippen molar-refractivity contribution < 1.29 is 14.1 Å². The Hall–Kier alpha value is -3.42. The first-order valence-corrected chi connectivity index (χ1v) is 9.24. The molecule has 0 fully saturated rings. The highest BCUT2D eigenvalue weighted by atomic mass is 16.5. The zero-order valence-electron chi connectivity index (χ0n) is 15.8. The fourth-order valence-corrected chi connectivity index (χ4v) is 3.39. The summed E-state index contributed by atoms with van der Waals surface area (Å²) in [6.07, 6.45) is 2.59. The van der Waals surface area contributed by atoms with Gasteiger partial charge in [0.2, 0.25) is 0 Å². The van der Waals surface area contributed by atoms with Gasteiger partial charge < -0.3 is 19.7 Å². The normalized spacial score (nSPS) is 13.1. The van der Waals surface area contributed by atoms with Crippen molar-refractivity contribution in [3.63, 3.8) is 0 Å². The van der Waals surface area contributed by atoms with Crippen molar-refractivity contribution in [1.29, 1.82) is 0 Å². The molecule has 8 nitrogen and oxygen atoms in total. The summed E-state index contributed by atoms with van der Waals surface area (Å²) in [5, 5.41) is 9.37. The van der Waals surface area contributed by atoms with E-state index in [2.05, 4.69) is 20.8 Å². The molecule has 1 aromatic carbocycles. The average Bonchev–Trinajstić information content (AvgIpc) is 3.27. The number of nitrogens with one attached hydrogen (secondary N) is 2. The van der Waals surface area contributed by atoms with Crippen molar-refractivity contribution in [3.05, 3.63) is 58.9 Å². The standard InChI is InChI=1S/C20H21N5O3/c1-12-7-3-4-8-14(12)21-20(27)18-23-17(15-9-5-6-10-25(15)18)19(26)22-16-11-13(2)28-24-16/h3-4,7-8,11H,5-6,9-10H2,1-2H3,(H,21,27)(H,22,24,26). The molecule has 1 aliphatic rings. The van der Waals surface area contributed by atoms with Crippen molar-refractivity contribution >= 4 is 23.3 Å². The van der Waals surface area contributed by atoms with Gasteiger partial charge in [0.15, 0.2) is 17.3 Å². The van der Waals surface area contributed by atoms with Crippen LogP contribution in [0.4, 0.5) is 11.5 Å². The number of hydrogen-bond acceptors (Lipinski definition) is 5. The maximum absolute atomic E-state index is 12.9. The number of carbonyl (C=O) groups excluding carboxylic acids is 2. The number of fused-ring (bicyclic) bond motifs is 1. The molecule has 3 aromatic rings. The van der Waals surface area contributed by atoms with Gasteiger partial charge in [0.1, 0.15) is 5.76 Å². The van der Waals surface area contributed by atoms with Gasteiger partial charge in [-0.2, -0.15) is 0 Å². The zero-order chi connectivity index (χ0) is 19.7. The van der Waals surface area contributed by atoms with Gasteiger partial charge in [-0.1, -0.05) is 23.4 Å². The number of nitrogens with zero attached hydrogens (tertiary/aromatic N) is 3. The van der Waals surface area contributed by atoms with Crippen LogP contribution in [0.15, 0.2) is 34.9 Å². The van der Waals surface area contributed by atoms with Gasteiger partial charge in [0, 0.05) is 18.3 Å². The molecule has 2 aromatic heterocycles. The van der Waals surface area contributed by atoms with Crippen LogP contribution in [-0.2, 0) is 13.0 Å². The Bertz CT molecular complexity index is 1050. The highest BCUT2D eigenvalue weighted by Crippen LogP contribution is 2.23. The summed E-state index contributed by atoms with van der Waals surface area (Å²) in [7, 11) is 0. The van der Waals surface area contributed by atoms with E-state index >= 15 is 0 Å². The molecule has 0 radical (unpaired) electrons. The van der Waals surface area contributed by atoms with E-state index in [0.29, 0.717) is 24.5 Å². The molecule has 3 heterocycles. The lowest BCUT2D eigenvalue weighted by Crippen LogP contribution is -2.21. The topological polar surface area (TPSA) is 102 Å². The molecular weight excluding hydrogens is 358 g/mol. The zero-order valence-corrected chi connectivity index (χ0v) is 15.8. The number of anilines is 2. The Balaban J connectivity index is 1.64. The van der Waals surface area contributed by atoms with Crippen LogP contribution in [0.1, 0.15) is 51.0 Å². The summed E-state index contributed by atoms with van der Waals surface area (Å²) < 4.78 is 6.83. The van der Waals surface area contributed by atoms with Gasteiger partial charge in [-0.15, -0.1) is 0 Å². The highest BCUT2D eigenvalue weighted by Gasteiger charge is 2.28. The van der Waals surface area contributed by atoms with Crippen LogP contribution in [0.5, 0.6) is 0 Å². The third-order valence-corrected chi connectivity index (χ3v) is 4.80. The molecule has 0 aliphatic carbocycles. The van der Waals surface area contributed by atoms with Crippen molar-refractivity contribution in [1.82, 2.24) is 14.7 Å². The first kappa shape index (κ1) is 18.0. The van der Waals surface area contributed by atoms with Crippen molar-refractivity contribution in [2.24, 2.45) is 0 Å². The minimum Gasteiger partial charge on any atom is -0.360 e. The van der Waals surface area contributed by atoms with Crippen molar-refractivity contribution in [3.8, 4) is 0 Å². The first-order chi connectivity index (χ1) is 13.5. The molecule has 0 saturated carbocycles. The number of amides is 2. The summed E-state index contributed by atoms with van der Waals surface area (Å²) >= 11 is 0. The molecule has 28 heavy (non-hydrogen) atoms. The SMILES string of the molecule is Cc1cc(NC(=O)c2nc(C(=O)Nc3ccccc3C)n3c2CCCC3)no1. The van der Waals surface area contributed by atoms with Gasteiger partial charge in [-0.25, -0.2) is 4.98 Å². The van der Waals surface area contributed by atoms with E-state index < -0.39 is 5.91 Å². The number of imidazole rings is 1. The maximum atomic E-state index is 12.9. The second-order valence-corrected chi connectivity index (χ2v) is 6.89. The maximum Gasteiger partial charge on any atom is 0.291 e. The number of benzene rings is 1. The van der Waals surface area contributed by atoms with Gasteiger partial charge >= 0.3 is 0 Å². The summed E-state index contributed by atoms with van der Waals surface area (Å²) in [5.41, 5.74) is 2.72. The van der Waals surface area contributed by atoms with Crippen LogP contribution in [0.3, 0.4) is 0 Å². The fourth-order valence-electron chi connectivity index (χ4n) is 3.39. The molecular formula is C20H21N5O3. The highest BCUT2D eigenvalue weighted by molar-refractivity contribution is 6.06. The van der Waals surface area contributed by atoms with Crippen LogP contribution < -0.4 is 10.6 Å². The molecule has 2 N–H and O–H groups in total. The lowest BCUT2D eigenvalue weighted by atomic mass is 10.1. The quantitative estimate of drug-likeness (QED) is 0.724. The Morgan fingerprint density at radius 2 is 1.93 bits per heavy atom. The second-order valence-electron chi connectivity index (χ2n) is 6.89. The van der Waals surface area contributed by atoms with Crippen LogP contribution >= 0.6 is 0 Å². The van der Waals surface area contributed by atoms with Crippen molar-refractivity contribution in [2.45, 2.75) is 39.7 Å². The molecule has 1 aliphatic heterocycles. The summed E-state index contributed by atoms with van der Waals surface area (Å²) in [6.45, 7) is 4.33. The van der Waals surface area contributed by atoms with E-state index in [9.17, 15) is 9.59 Å². The number of aryl methyl sites for hydroxylation is 2. The largest absolute Gasteiger partial charge is 0.360 e. The van der Waals surface area contributed by atoms with Gasteiger partial charge in [0.25, 0.3) is 11.8 Å². The van der Waals surface area contributed by atoms with Crippen LogP contribution in [0, 0.1) is 13.8 Å². The number of carbonyl (C=O) groups is 2. The van der Waals surface area contributed by atoms with E-state index in [1.54, 1.807) is 13.0 Å². The summed E-state index contributed by atoms with van der Waals surface area (Å²) in [5.74, 6) is 0.452. The third-order valence-electron chi connectivity index (χ3n) is 4.80. The lowest BCUT2D eigenvalue weighted by molar-refractivity contribution is 0.101. The molecule has 0 saturated heterocycles. The van der Waals surface area contributed by atoms with Gasteiger partial charge in [-0.3, -0.25) is 9.59 Å². The van der Waals surface area contributed by atoms with E-state index in [4.69, 9.17) is 4.52 Å². The molecule has 2 amide bonds. The number of rotatable bonds is 4. The van der Waals surface area contributed by atoms with E-state index in [1.807, 2.05) is 35.8 Å². The van der Waals surface area contributed by atoms with Crippen LogP contribution in [0.2, 0.25) is 0 Å². The smallest absolute Gasteiger partial charge is 0.291 e. The summed E-state index contributed by atoms with van der Waals surface area (Å²) in [4.78, 5) is 30.0. The predicted octanol–water partition coefficient (Wildman–Crippen LogP) is 3.33. The Morgan fingerprint density at radius 3 is 2.68 bits per heavy atom. The molecule has 8 heteroatoms. The molecule has 0 unspecified atom stereocenters. The number of hydrogen-bond donors (Lipinski definition) is 2. The van der Waals surface area contributed by atoms with E-state index in [1.165, 1.54) is 0 Å². The van der Waals surface area contributed by atoms with Crippen LogP contribution in [-0.4, -0.2) is 26.5 Å². The predicted molar refractivity (Wildman–Crippen MR) is 103 cm³/mol.